The fourth-order valence-corrected chi connectivity index (χ4v) is 2.04. The summed E-state index contributed by atoms with van der Waals surface area (Å²) in [5, 5.41) is 6.06. The smallest absolute Gasteiger partial charge is 0.0756 e. The van der Waals surface area contributed by atoms with Crippen molar-refractivity contribution >= 4 is 10.9 Å². The monoisotopic (exact) mass is 216 g/mol. The van der Waals surface area contributed by atoms with Crippen molar-refractivity contribution in [2.75, 3.05) is 0 Å². The number of para-hydroxylation sites is 1. The van der Waals surface area contributed by atoms with Crippen LogP contribution in [0.5, 0.6) is 0 Å². The molecule has 86 valence electrons. The Bertz CT molecular complexity index is 501. The zero-order valence-electron chi connectivity index (χ0n) is 10.8. The zero-order valence-corrected chi connectivity index (χ0v) is 10.8. The van der Waals surface area contributed by atoms with Gasteiger partial charge in [0.15, 0.2) is 0 Å². The number of nitrogens with zero attached hydrogens (tertiary/aromatic N) is 2. The van der Waals surface area contributed by atoms with Crippen LogP contribution in [0.3, 0.4) is 0 Å². The minimum Gasteiger partial charge on any atom is -0.262 e. The van der Waals surface area contributed by atoms with Crippen molar-refractivity contribution in [3.05, 3.63) is 30.0 Å². The second-order valence-corrected chi connectivity index (χ2v) is 5.65. The van der Waals surface area contributed by atoms with E-state index < -0.39 is 0 Å². The summed E-state index contributed by atoms with van der Waals surface area (Å²) in [4.78, 5) is 0. The van der Waals surface area contributed by atoms with Gasteiger partial charge in [-0.2, -0.15) is 5.10 Å². The number of aromatic nitrogens is 2. The summed E-state index contributed by atoms with van der Waals surface area (Å²) in [5.41, 5.74) is 2.53. The van der Waals surface area contributed by atoms with Crippen molar-refractivity contribution in [1.29, 1.82) is 0 Å². The van der Waals surface area contributed by atoms with E-state index in [2.05, 4.69) is 63.6 Å². The average Bonchev–Trinajstić information content (AvgIpc) is 2.56. The molecule has 0 radical (unpaired) electrons. The third kappa shape index (κ3) is 1.73. The van der Waals surface area contributed by atoms with Crippen LogP contribution in [0, 0.1) is 0 Å². The molecule has 0 saturated heterocycles. The average molecular weight is 216 g/mol. The Labute approximate surface area is 97.3 Å². The van der Waals surface area contributed by atoms with Crippen molar-refractivity contribution in [3.8, 4) is 0 Å². The van der Waals surface area contributed by atoms with Gasteiger partial charge in [0.05, 0.1) is 11.2 Å². The van der Waals surface area contributed by atoms with Gasteiger partial charge in [0.2, 0.25) is 0 Å². The lowest BCUT2D eigenvalue weighted by Gasteiger charge is -2.15. The van der Waals surface area contributed by atoms with Gasteiger partial charge in [-0.05, 0) is 19.9 Å². The molecular weight excluding hydrogens is 196 g/mol. The molecule has 0 fully saturated rings. The highest BCUT2D eigenvalue weighted by atomic mass is 15.3. The van der Waals surface area contributed by atoms with Crippen molar-refractivity contribution < 1.29 is 0 Å². The molecule has 0 N–H and O–H groups in total. The third-order valence-electron chi connectivity index (χ3n) is 2.81. The number of hydrogen-bond acceptors (Lipinski definition) is 1. The van der Waals surface area contributed by atoms with Crippen LogP contribution in [0.4, 0.5) is 0 Å². The Balaban J connectivity index is 2.77. The fourth-order valence-electron chi connectivity index (χ4n) is 2.04. The predicted molar refractivity (Wildman–Crippen MR) is 68.8 cm³/mol. The molecule has 2 nitrogen and oxygen atoms in total. The quantitative estimate of drug-likeness (QED) is 0.706. The highest BCUT2D eigenvalue weighted by Crippen LogP contribution is 2.30. The normalized spacial score (nSPS) is 12.6. The summed E-state index contributed by atoms with van der Waals surface area (Å²) in [6, 6.07) is 8.89. The zero-order chi connectivity index (χ0) is 11.9. The minimum atomic E-state index is 0.0970. The summed E-state index contributed by atoms with van der Waals surface area (Å²) in [5.74, 6) is 0. The molecule has 0 amide bonds. The number of fused-ring (bicyclic) bond motifs is 1. The predicted octanol–water partition coefficient (Wildman–Crippen LogP) is 3.91. The lowest BCUT2D eigenvalue weighted by atomic mass is 9.90. The molecule has 16 heavy (non-hydrogen) atoms. The summed E-state index contributed by atoms with van der Waals surface area (Å²) >= 11 is 0. The summed E-state index contributed by atoms with van der Waals surface area (Å²) in [7, 11) is 0. The van der Waals surface area contributed by atoms with Crippen molar-refractivity contribution in [2.45, 2.75) is 46.1 Å². The fraction of sp³-hybridized carbons (Fsp3) is 0.500. The molecule has 0 bridgehead atoms. The van der Waals surface area contributed by atoms with E-state index in [4.69, 9.17) is 5.10 Å². The molecule has 0 atom stereocenters. The van der Waals surface area contributed by atoms with Crippen LogP contribution in [0.15, 0.2) is 24.3 Å². The summed E-state index contributed by atoms with van der Waals surface area (Å²) in [6.45, 7) is 11.0. The molecule has 0 aliphatic rings. The molecule has 0 aliphatic carbocycles. The Morgan fingerprint density at radius 2 is 1.75 bits per heavy atom. The summed E-state index contributed by atoms with van der Waals surface area (Å²) in [6.07, 6.45) is 0. The van der Waals surface area contributed by atoms with E-state index >= 15 is 0 Å². The number of rotatable bonds is 1. The van der Waals surface area contributed by atoms with E-state index in [0.29, 0.717) is 6.04 Å². The standard InChI is InChI=1S/C14H20N2/c1-10(2)16-12-9-7-6-8-11(12)13(15-16)14(3,4)5/h6-10H,1-5H3. The SMILES string of the molecule is CC(C)n1nc(C(C)(C)C)c2ccccc21. The van der Waals surface area contributed by atoms with Gasteiger partial charge in [-0.15, -0.1) is 0 Å². The van der Waals surface area contributed by atoms with Crippen LogP contribution in [0.25, 0.3) is 10.9 Å². The lowest BCUT2D eigenvalue weighted by molar-refractivity contribution is 0.505. The number of hydrogen-bond donors (Lipinski definition) is 0. The third-order valence-corrected chi connectivity index (χ3v) is 2.81. The first-order valence-electron chi connectivity index (χ1n) is 5.89. The highest BCUT2D eigenvalue weighted by molar-refractivity contribution is 5.83. The molecule has 0 unspecified atom stereocenters. The van der Waals surface area contributed by atoms with Crippen LogP contribution in [-0.2, 0) is 5.41 Å². The maximum absolute atomic E-state index is 4.78. The second-order valence-electron chi connectivity index (χ2n) is 5.65. The molecule has 2 rings (SSSR count). The molecule has 0 aliphatic heterocycles. The van der Waals surface area contributed by atoms with Gasteiger partial charge in [-0.3, -0.25) is 4.68 Å². The van der Waals surface area contributed by atoms with Crippen LogP contribution in [-0.4, -0.2) is 9.78 Å². The largest absolute Gasteiger partial charge is 0.262 e. The minimum absolute atomic E-state index is 0.0970. The Morgan fingerprint density at radius 3 is 2.31 bits per heavy atom. The van der Waals surface area contributed by atoms with Crippen LogP contribution < -0.4 is 0 Å². The number of benzene rings is 1. The Kier molecular flexibility index (Phi) is 2.53. The van der Waals surface area contributed by atoms with Crippen molar-refractivity contribution in [1.82, 2.24) is 9.78 Å². The second kappa shape index (κ2) is 3.62. The van der Waals surface area contributed by atoms with Crippen LogP contribution in [0.2, 0.25) is 0 Å². The molecule has 1 heterocycles. The van der Waals surface area contributed by atoms with Gasteiger partial charge >= 0.3 is 0 Å². The molecule has 0 saturated carbocycles. The topological polar surface area (TPSA) is 17.8 Å². The van der Waals surface area contributed by atoms with Gasteiger partial charge in [0.1, 0.15) is 0 Å². The maximum atomic E-state index is 4.78. The van der Waals surface area contributed by atoms with E-state index in [9.17, 15) is 0 Å². The Hall–Kier alpha value is -1.31. The highest BCUT2D eigenvalue weighted by Gasteiger charge is 2.22. The van der Waals surface area contributed by atoms with E-state index in [1.807, 2.05) is 0 Å². The molecule has 1 aromatic carbocycles. The van der Waals surface area contributed by atoms with Crippen molar-refractivity contribution in [3.63, 3.8) is 0 Å². The van der Waals surface area contributed by atoms with Gasteiger partial charge in [0.25, 0.3) is 0 Å². The first-order valence-corrected chi connectivity index (χ1v) is 5.89. The van der Waals surface area contributed by atoms with Gasteiger partial charge < -0.3 is 0 Å². The van der Waals surface area contributed by atoms with Crippen molar-refractivity contribution in [2.24, 2.45) is 0 Å². The van der Waals surface area contributed by atoms with E-state index in [-0.39, 0.29) is 5.41 Å². The van der Waals surface area contributed by atoms with Gasteiger partial charge in [-0.25, -0.2) is 0 Å². The molecule has 0 spiro atoms. The van der Waals surface area contributed by atoms with Gasteiger partial charge in [0, 0.05) is 16.8 Å². The first kappa shape index (κ1) is 11.2. The first-order chi connectivity index (χ1) is 7.41. The van der Waals surface area contributed by atoms with Gasteiger partial charge in [-0.1, -0.05) is 39.0 Å². The Morgan fingerprint density at radius 1 is 1.12 bits per heavy atom. The maximum Gasteiger partial charge on any atom is 0.0756 e. The summed E-state index contributed by atoms with van der Waals surface area (Å²) < 4.78 is 2.12. The molecular formula is C14H20N2. The van der Waals surface area contributed by atoms with E-state index in [1.54, 1.807) is 0 Å². The van der Waals surface area contributed by atoms with E-state index in [0.717, 1.165) is 0 Å². The molecule has 2 heteroatoms. The van der Waals surface area contributed by atoms with Crippen LogP contribution in [0.1, 0.15) is 46.4 Å². The van der Waals surface area contributed by atoms with Crippen LogP contribution >= 0.6 is 0 Å². The lowest BCUT2D eigenvalue weighted by Crippen LogP contribution is -2.13. The van der Waals surface area contributed by atoms with E-state index in [1.165, 1.54) is 16.6 Å². The molecule has 2 aromatic rings. The molecule has 1 aromatic heterocycles.